The molecule has 0 aliphatic carbocycles. The summed E-state index contributed by atoms with van der Waals surface area (Å²) in [5.74, 6) is -0.761. The lowest BCUT2D eigenvalue weighted by Gasteiger charge is -2.04. The van der Waals surface area contributed by atoms with Crippen molar-refractivity contribution in [2.24, 2.45) is 5.14 Å². The zero-order valence-corrected chi connectivity index (χ0v) is 15.5. The molecule has 0 fully saturated rings. The third-order valence-electron chi connectivity index (χ3n) is 3.34. The van der Waals surface area contributed by atoms with Crippen LogP contribution in [0, 0.1) is 5.82 Å². The second-order valence-corrected chi connectivity index (χ2v) is 7.71. The predicted molar refractivity (Wildman–Crippen MR) is 97.7 cm³/mol. The highest BCUT2D eigenvalue weighted by Crippen LogP contribution is 2.16. The number of amides is 1. The van der Waals surface area contributed by atoms with E-state index in [0.717, 1.165) is 10.0 Å². The summed E-state index contributed by atoms with van der Waals surface area (Å²) in [6.45, 7) is 0.360. The molecule has 5 nitrogen and oxygen atoms in total. The number of sulfonamides is 1. The molecule has 8 heteroatoms. The zero-order chi connectivity index (χ0) is 18.4. The fourth-order valence-corrected chi connectivity index (χ4v) is 2.94. The van der Waals surface area contributed by atoms with Crippen LogP contribution in [-0.2, 0) is 21.2 Å². The first-order chi connectivity index (χ1) is 11.8. The molecule has 0 atom stereocenters. The van der Waals surface area contributed by atoms with Gasteiger partial charge in [0.2, 0.25) is 15.9 Å². The largest absolute Gasteiger partial charge is 0.352 e. The Hall–Kier alpha value is -2.03. The number of benzene rings is 2. The van der Waals surface area contributed by atoms with Gasteiger partial charge in [0.15, 0.2) is 0 Å². The molecule has 25 heavy (non-hydrogen) atoms. The molecule has 0 bridgehead atoms. The SMILES string of the molecule is NS(=O)(=O)c1ccc(CCNC(=O)C=Cc2cc(Br)ccc2F)cc1. The highest BCUT2D eigenvalue weighted by atomic mass is 79.9. The van der Waals surface area contributed by atoms with E-state index in [1.807, 2.05) is 0 Å². The minimum absolute atomic E-state index is 0.0410. The van der Waals surface area contributed by atoms with E-state index in [2.05, 4.69) is 21.2 Å². The van der Waals surface area contributed by atoms with Gasteiger partial charge in [-0.15, -0.1) is 0 Å². The molecule has 2 aromatic carbocycles. The second kappa shape index (κ2) is 8.37. The van der Waals surface area contributed by atoms with Gasteiger partial charge in [-0.1, -0.05) is 28.1 Å². The molecule has 0 aromatic heterocycles. The Balaban J connectivity index is 1.86. The number of hydrogen-bond donors (Lipinski definition) is 2. The number of carbonyl (C=O) groups excluding carboxylic acids is 1. The third kappa shape index (κ3) is 6.08. The van der Waals surface area contributed by atoms with Gasteiger partial charge in [0, 0.05) is 22.7 Å². The first kappa shape index (κ1) is 19.3. The van der Waals surface area contributed by atoms with Gasteiger partial charge in [0.25, 0.3) is 0 Å². The van der Waals surface area contributed by atoms with Crippen molar-refractivity contribution in [3.8, 4) is 0 Å². The summed E-state index contributed by atoms with van der Waals surface area (Å²) in [7, 11) is -3.71. The first-order valence-corrected chi connectivity index (χ1v) is 9.62. The van der Waals surface area contributed by atoms with Gasteiger partial charge >= 0.3 is 0 Å². The summed E-state index contributed by atoms with van der Waals surface area (Å²) in [4.78, 5) is 11.8. The van der Waals surface area contributed by atoms with Gasteiger partial charge in [0.05, 0.1) is 4.90 Å². The number of halogens is 2. The minimum Gasteiger partial charge on any atom is -0.352 e. The van der Waals surface area contributed by atoms with Crippen LogP contribution in [0.2, 0.25) is 0 Å². The third-order valence-corrected chi connectivity index (χ3v) is 4.76. The van der Waals surface area contributed by atoms with E-state index in [1.165, 1.54) is 30.4 Å². The van der Waals surface area contributed by atoms with Crippen LogP contribution < -0.4 is 10.5 Å². The number of hydrogen-bond acceptors (Lipinski definition) is 3. The number of carbonyl (C=O) groups is 1. The summed E-state index contributed by atoms with van der Waals surface area (Å²) in [5.41, 5.74) is 1.16. The lowest BCUT2D eigenvalue weighted by molar-refractivity contribution is -0.116. The minimum atomic E-state index is -3.71. The van der Waals surface area contributed by atoms with Crippen molar-refractivity contribution in [2.45, 2.75) is 11.3 Å². The van der Waals surface area contributed by atoms with Crippen molar-refractivity contribution in [1.82, 2.24) is 5.32 Å². The van der Waals surface area contributed by atoms with Crippen LogP contribution in [0.3, 0.4) is 0 Å². The maximum Gasteiger partial charge on any atom is 0.244 e. The summed E-state index contributed by atoms with van der Waals surface area (Å²) < 4.78 is 36.6. The predicted octanol–water partition coefficient (Wildman–Crippen LogP) is 2.61. The molecule has 0 aliphatic heterocycles. The Kier molecular flexibility index (Phi) is 6.46. The highest BCUT2D eigenvalue weighted by molar-refractivity contribution is 9.10. The van der Waals surface area contributed by atoms with Gasteiger partial charge in [-0.3, -0.25) is 4.79 Å². The Labute approximate surface area is 153 Å². The quantitative estimate of drug-likeness (QED) is 0.695. The Morgan fingerprint density at radius 3 is 2.52 bits per heavy atom. The van der Waals surface area contributed by atoms with Crippen LogP contribution >= 0.6 is 15.9 Å². The Morgan fingerprint density at radius 1 is 1.20 bits per heavy atom. The first-order valence-electron chi connectivity index (χ1n) is 7.28. The lowest BCUT2D eigenvalue weighted by Crippen LogP contribution is -2.23. The summed E-state index contributed by atoms with van der Waals surface area (Å²) in [5, 5.41) is 7.70. The monoisotopic (exact) mass is 426 g/mol. The van der Waals surface area contributed by atoms with Gasteiger partial charge in [0.1, 0.15) is 5.82 Å². The molecule has 0 spiro atoms. The Morgan fingerprint density at radius 2 is 1.88 bits per heavy atom. The van der Waals surface area contributed by atoms with Crippen LogP contribution in [-0.4, -0.2) is 20.9 Å². The topological polar surface area (TPSA) is 89.3 Å². The van der Waals surface area contributed by atoms with E-state index in [0.29, 0.717) is 18.5 Å². The van der Waals surface area contributed by atoms with Crippen LogP contribution in [0.4, 0.5) is 4.39 Å². The molecule has 0 saturated carbocycles. The summed E-state index contributed by atoms with van der Waals surface area (Å²) in [6, 6.07) is 10.6. The molecule has 132 valence electrons. The Bertz CT molecular complexity index is 897. The van der Waals surface area contributed by atoms with E-state index in [1.54, 1.807) is 24.3 Å². The average Bonchev–Trinajstić information content (AvgIpc) is 2.55. The molecule has 0 saturated heterocycles. The molecule has 1 amide bonds. The van der Waals surface area contributed by atoms with E-state index in [-0.39, 0.29) is 10.8 Å². The van der Waals surface area contributed by atoms with Crippen molar-refractivity contribution in [3.05, 3.63) is 70.0 Å². The normalized spacial score (nSPS) is 11.6. The maximum atomic E-state index is 13.6. The lowest BCUT2D eigenvalue weighted by atomic mass is 10.1. The van der Waals surface area contributed by atoms with E-state index >= 15 is 0 Å². The number of rotatable bonds is 6. The van der Waals surface area contributed by atoms with Gasteiger partial charge in [-0.05, 0) is 48.4 Å². The fraction of sp³-hybridized carbons (Fsp3) is 0.118. The highest BCUT2D eigenvalue weighted by Gasteiger charge is 2.06. The molecule has 3 N–H and O–H groups in total. The number of nitrogens with two attached hydrogens (primary N) is 1. The molecular formula is C17H16BrFN2O3S. The van der Waals surface area contributed by atoms with Crippen LogP contribution in [0.1, 0.15) is 11.1 Å². The number of nitrogens with one attached hydrogen (secondary N) is 1. The molecule has 2 aromatic rings. The van der Waals surface area contributed by atoms with Crippen molar-refractivity contribution >= 4 is 37.9 Å². The van der Waals surface area contributed by atoms with Crippen LogP contribution in [0.5, 0.6) is 0 Å². The van der Waals surface area contributed by atoms with E-state index in [9.17, 15) is 17.6 Å². The van der Waals surface area contributed by atoms with E-state index < -0.39 is 15.8 Å². The van der Waals surface area contributed by atoms with Gasteiger partial charge < -0.3 is 5.32 Å². The zero-order valence-electron chi connectivity index (χ0n) is 13.1. The molecule has 0 heterocycles. The molecular weight excluding hydrogens is 411 g/mol. The second-order valence-electron chi connectivity index (χ2n) is 5.23. The summed E-state index contributed by atoms with van der Waals surface area (Å²) >= 11 is 3.24. The van der Waals surface area contributed by atoms with Gasteiger partial charge in [-0.2, -0.15) is 0 Å². The smallest absolute Gasteiger partial charge is 0.244 e. The summed E-state index contributed by atoms with van der Waals surface area (Å²) in [6.07, 6.45) is 3.18. The van der Waals surface area contributed by atoms with Crippen molar-refractivity contribution < 1.29 is 17.6 Å². The number of primary sulfonamides is 1. The van der Waals surface area contributed by atoms with Gasteiger partial charge in [-0.25, -0.2) is 17.9 Å². The van der Waals surface area contributed by atoms with Crippen LogP contribution in [0.15, 0.2) is 57.9 Å². The van der Waals surface area contributed by atoms with Crippen LogP contribution in [0.25, 0.3) is 6.08 Å². The average molecular weight is 427 g/mol. The molecule has 0 aliphatic rings. The maximum absolute atomic E-state index is 13.6. The van der Waals surface area contributed by atoms with Crippen molar-refractivity contribution in [1.29, 1.82) is 0 Å². The standard InChI is InChI=1S/C17H16BrFN2O3S/c18-14-4-7-16(19)13(11-14)3-8-17(22)21-10-9-12-1-5-15(6-2-12)25(20,23)24/h1-8,11H,9-10H2,(H,21,22)(H2,20,23,24). The molecule has 2 rings (SSSR count). The fourth-order valence-electron chi connectivity index (χ4n) is 2.04. The molecule has 0 radical (unpaired) electrons. The van der Waals surface area contributed by atoms with Crippen molar-refractivity contribution in [2.75, 3.05) is 6.54 Å². The van der Waals surface area contributed by atoms with E-state index in [4.69, 9.17) is 5.14 Å². The van der Waals surface area contributed by atoms with Crippen molar-refractivity contribution in [3.63, 3.8) is 0 Å². The molecule has 0 unspecified atom stereocenters.